The third-order valence-corrected chi connectivity index (χ3v) is 4.59. The van der Waals surface area contributed by atoms with Crippen LogP contribution in [0.4, 0.5) is 13.2 Å². The Morgan fingerprint density at radius 3 is 2.50 bits per heavy atom. The van der Waals surface area contributed by atoms with Gasteiger partial charge in [-0.1, -0.05) is 11.6 Å². The van der Waals surface area contributed by atoms with Crippen molar-refractivity contribution in [2.24, 2.45) is 7.05 Å². The van der Waals surface area contributed by atoms with Crippen LogP contribution >= 0.6 is 11.6 Å². The Morgan fingerprint density at radius 1 is 1.18 bits per heavy atom. The average molecular weight is 414 g/mol. The molecule has 0 unspecified atom stereocenters. The van der Waals surface area contributed by atoms with Crippen molar-refractivity contribution in [2.75, 3.05) is 7.11 Å². The lowest BCUT2D eigenvalue weighted by Crippen LogP contribution is -2.08. The molecule has 3 aromatic rings. The van der Waals surface area contributed by atoms with E-state index < -0.39 is 17.7 Å². The zero-order valence-electron chi connectivity index (χ0n) is 14.8. The average Bonchev–Trinajstić information content (AvgIpc) is 2.87. The Kier molecular flexibility index (Phi) is 5.16. The van der Waals surface area contributed by atoms with Crippen LogP contribution in [-0.4, -0.2) is 22.8 Å². The number of hydrogen-bond donors (Lipinski definition) is 1. The molecule has 0 radical (unpaired) electrons. The zero-order chi connectivity index (χ0) is 20.6. The first-order valence-electron chi connectivity index (χ1n) is 8.03. The summed E-state index contributed by atoms with van der Waals surface area (Å²) in [5, 5.41) is 11.2. The number of fused-ring (bicyclic) bond motifs is 1. The van der Waals surface area contributed by atoms with Crippen molar-refractivity contribution in [2.45, 2.75) is 12.6 Å². The zero-order valence-corrected chi connectivity index (χ0v) is 15.6. The first-order chi connectivity index (χ1) is 13.1. The van der Waals surface area contributed by atoms with Gasteiger partial charge < -0.3 is 19.1 Å². The number of methoxy groups -OCH3 is 1. The fourth-order valence-electron chi connectivity index (χ4n) is 2.82. The molecule has 1 N–H and O–H groups in total. The molecule has 28 heavy (non-hydrogen) atoms. The molecule has 0 saturated heterocycles. The van der Waals surface area contributed by atoms with Crippen LogP contribution in [0, 0.1) is 0 Å². The van der Waals surface area contributed by atoms with Crippen molar-refractivity contribution in [1.29, 1.82) is 0 Å². The Morgan fingerprint density at radius 2 is 1.89 bits per heavy atom. The van der Waals surface area contributed by atoms with Crippen LogP contribution in [0.5, 0.6) is 17.4 Å². The number of rotatable bonds is 4. The largest absolute Gasteiger partial charge is 0.494 e. The van der Waals surface area contributed by atoms with Crippen molar-refractivity contribution < 1.29 is 32.5 Å². The SMILES string of the molecule is COC(=O)Cc1c2ccc(Oc3ccc(C(F)(F)F)cc3Cl)cc2c(O)n1C. The van der Waals surface area contributed by atoms with Gasteiger partial charge in [-0.05, 0) is 36.4 Å². The highest BCUT2D eigenvalue weighted by molar-refractivity contribution is 6.32. The molecule has 0 spiro atoms. The normalized spacial score (nSPS) is 11.6. The van der Waals surface area contributed by atoms with Crippen LogP contribution in [0.25, 0.3) is 10.8 Å². The maximum Gasteiger partial charge on any atom is 0.416 e. The van der Waals surface area contributed by atoms with Gasteiger partial charge in [0.25, 0.3) is 0 Å². The van der Waals surface area contributed by atoms with E-state index in [0.29, 0.717) is 16.5 Å². The molecule has 2 aromatic carbocycles. The summed E-state index contributed by atoms with van der Waals surface area (Å²) in [5.74, 6) is -0.240. The second-order valence-electron chi connectivity index (χ2n) is 6.03. The lowest BCUT2D eigenvalue weighted by atomic mass is 10.1. The monoisotopic (exact) mass is 413 g/mol. The second kappa shape index (κ2) is 7.27. The van der Waals surface area contributed by atoms with E-state index in [1.165, 1.54) is 17.7 Å². The standard InChI is InChI=1S/C19H15ClF3NO4/c1-24-15(9-17(25)27-2)12-5-4-11(8-13(12)18(24)26)28-16-6-3-10(7-14(16)20)19(21,22)23/h3-8,26H,9H2,1-2H3. The third kappa shape index (κ3) is 3.73. The summed E-state index contributed by atoms with van der Waals surface area (Å²) in [4.78, 5) is 11.6. The highest BCUT2D eigenvalue weighted by atomic mass is 35.5. The Balaban J connectivity index is 1.95. The molecule has 0 atom stereocenters. The van der Waals surface area contributed by atoms with E-state index in [1.54, 1.807) is 19.2 Å². The number of carbonyl (C=O) groups is 1. The van der Waals surface area contributed by atoms with E-state index in [-0.39, 0.29) is 28.8 Å². The highest BCUT2D eigenvalue weighted by Crippen LogP contribution is 2.38. The third-order valence-electron chi connectivity index (χ3n) is 4.29. The van der Waals surface area contributed by atoms with Crippen LogP contribution in [0.15, 0.2) is 36.4 Å². The van der Waals surface area contributed by atoms with Crippen molar-refractivity contribution in [3.63, 3.8) is 0 Å². The van der Waals surface area contributed by atoms with Gasteiger partial charge in [-0.15, -0.1) is 0 Å². The number of nitrogens with zero attached hydrogens (tertiary/aromatic N) is 1. The molecule has 0 saturated carbocycles. The number of esters is 1. The van der Waals surface area contributed by atoms with E-state index >= 15 is 0 Å². The number of ether oxygens (including phenoxy) is 2. The van der Waals surface area contributed by atoms with Gasteiger partial charge in [0.15, 0.2) is 5.88 Å². The molecule has 3 rings (SSSR count). The van der Waals surface area contributed by atoms with Gasteiger partial charge in [0.05, 0.1) is 24.1 Å². The number of benzene rings is 2. The van der Waals surface area contributed by atoms with E-state index in [9.17, 15) is 23.1 Å². The van der Waals surface area contributed by atoms with E-state index in [1.807, 2.05) is 0 Å². The number of alkyl halides is 3. The second-order valence-corrected chi connectivity index (χ2v) is 6.44. The van der Waals surface area contributed by atoms with Crippen molar-refractivity contribution >= 4 is 28.3 Å². The van der Waals surface area contributed by atoms with Gasteiger partial charge in [-0.25, -0.2) is 0 Å². The molecule has 148 valence electrons. The fourth-order valence-corrected chi connectivity index (χ4v) is 3.04. The van der Waals surface area contributed by atoms with E-state index in [2.05, 4.69) is 4.74 Å². The topological polar surface area (TPSA) is 60.7 Å². The molecule has 0 aliphatic rings. The molecule has 0 aliphatic carbocycles. The summed E-state index contributed by atoms with van der Waals surface area (Å²) >= 11 is 5.91. The Bertz CT molecular complexity index is 1060. The molecule has 0 aliphatic heterocycles. The van der Waals surface area contributed by atoms with Gasteiger partial charge in [-0.2, -0.15) is 13.2 Å². The number of aromatic hydroxyl groups is 1. The van der Waals surface area contributed by atoms with Gasteiger partial charge in [0.2, 0.25) is 0 Å². The Labute approximate surface area is 162 Å². The lowest BCUT2D eigenvalue weighted by molar-refractivity contribution is -0.140. The Hall–Kier alpha value is -2.87. The van der Waals surface area contributed by atoms with Gasteiger partial charge in [-0.3, -0.25) is 4.79 Å². The summed E-state index contributed by atoms with van der Waals surface area (Å²) in [5.41, 5.74) is -0.327. The molecule has 0 bridgehead atoms. The summed E-state index contributed by atoms with van der Waals surface area (Å²) in [6.07, 6.45) is -4.54. The molecular formula is C19H15ClF3NO4. The minimum Gasteiger partial charge on any atom is -0.494 e. The van der Waals surface area contributed by atoms with Gasteiger partial charge in [0, 0.05) is 23.5 Å². The summed E-state index contributed by atoms with van der Waals surface area (Å²) < 4.78 is 49.9. The minimum absolute atomic E-state index is 0.0327. The fraction of sp³-hybridized carbons (Fsp3) is 0.211. The number of halogens is 4. The number of carbonyl (C=O) groups excluding carboxylic acids is 1. The predicted octanol–water partition coefficient (Wildman–Crippen LogP) is 5.06. The highest BCUT2D eigenvalue weighted by Gasteiger charge is 2.31. The van der Waals surface area contributed by atoms with Crippen LogP contribution < -0.4 is 4.74 Å². The molecule has 0 fully saturated rings. The van der Waals surface area contributed by atoms with Crippen molar-refractivity contribution in [3.05, 3.63) is 52.7 Å². The van der Waals surface area contributed by atoms with Crippen LogP contribution in [0.2, 0.25) is 5.02 Å². The van der Waals surface area contributed by atoms with E-state index in [4.69, 9.17) is 16.3 Å². The van der Waals surface area contributed by atoms with Crippen LogP contribution in [-0.2, 0) is 29.2 Å². The van der Waals surface area contributed by atoms with E-state index in [0.717, 1.165) is 18.2 Å². The molecule has 1 aromatic heterocycles. The lowest BCUT2D eigenvalue weighted by Gasteiger charge is -2.11. The molecule has 5 nitrogen and oxygen atoms in total. The number of hydrogen-bond acceptors (Lipinski definition) is 4. The first-order valence-corrected chi connectivity index (χ1v) is 8.41. The minimum atomic E-state index is -4.51. The van der Waals surface area contributed by atoms with Crippen molar-refractivity contribution in [1.82, 2.24) is 4.57 Å². The molecule has 0 amide bonds. The molecule has 1 heterocycles. The van der Waals surface area contributed by atoms with Crippen LogP contribution in [0.1, 0.15) is 11.3 Å². The maximum absolute atomic E-state index is 12.7. The van der Waals surface area contributed by atoms with Gasteiger partial charge in [0.1, 0.15) is 11.5 Å². The quantitative estimate of drug-likeness (QED) is 0.607. The predicted molar refractivity (Wildman–Crippen MR) is 96.8 cm³/mol. The summed E-state index contributed by atoms with van der Waals surface area (Å²) in [6.45, 7) is 0. The molecule has 9 heteroatoms. The van der Waals surface area contributed by atoms with Gasteiger partial charge >= 0.3 is 12.1 Å². The first kappa shape index (κ1) is 19.9. The summed E-state index contributed by atoms with van der Waals surface area (Å²) in [7, 11) is 2.87. The molecular weight excluding hydrogens is 399 g/mol. The maximum atomic E-state index is 12.7. The number of aromatic nitrogens is 1. The van der Waals surface area contributed by atoms with Crippen molar-refractivity contribution in [3.8, 4) is 17.4 Å². The smallest absolute Gasteiger partial charge is 0.416 e. The van der Waals surface area contributed by atoms with Crippen LogP contribution in [0.3, 0.4) is 0 Å². The summed E-state index contributed by atoms with van der Waals surface area (Å²) in [6, 6.07) is 7.50.